The van der Waals surface area contributed by atoms with Crippen LogP contribution >= 0.6 is 11.6 Å². The zero-order valence-electron chi connectivity index (χ0n) is 22.2. The summed E-state index contributed by atoms with van der Waals surface area (Å²) in [7, 11) is 0. The molecule has 1 heterocycles. The van der Waals surface area contributed by atoms with Crippen LogP contribution in [0.5, 0.6) is 23.0 Å². The van der Waals surface area contributed by atoms with Crippen LogP contribution in [0.4, 0.5) is 5.69 Å². The fourth-order valence-electron chi connectivity index (χ4n) is 4.60. The van der Waals surface area contributed by atoms with E-state index in [0.717, 1.165) is 0 Å². The van der Waals surface area contributed by atoms with Crippen LogP contribution < -0.4 is 19.1 Å². The molecule has 2 N–H and O–H groups in total. The van der Waals surface area contributed by atoms with Gasteiger partial charge in [-0.3, -0.25) is 14.5 Å². The van der Waals surface area contributed by atoms with Crippen LogP contribution in [0.1, 0.15) is 43.5 Å². The van der Waals surface area contributed by atoms with Gasteiger partial charge < -0.3 is 24.4 Å². The lowest BCUT2D eigenvalue weighted by atomic mass is 9.94. The van der Waals surface area contributed by atoms with Gasteiger partial charge >= 0.3 is 0 Å². The summed E-state index contributed by atoms with van der Waals surface area (Å²) in [5.41, 5.74) is 1.54. The quantitative estimate of drug-likeness (QED) is 0.186. The van der Waals surface area contributed by atoms with Crippen molar-refractivity contribution in [2.45, 2.75) is 33.7 Å². The first kappa shape index (κ1) is 27.9. The third-order valence-corrected chi connectivity index (χ3v) is 6.77. The number of aliphatic hydroxyl groups is 1. The van der Waals surface area contributed by atoms with Crippen molar-refractivity contribution >= 4 is 34.7 Å². The summed E-state index contributed by atoms with van der Waals surface area (Å²) in [4.78, 5) is 28.5. The molecule has 0 spiro atoms. The van der Waals surface area contributed by atoms with E-state index >= 15 is 0 Å². The highest BCUT2D eigenvalue weighted by atomic mass is 35.5. The summed E-state index contributed by atoms with van der Waals surface area (Å²) >= 11 is 6.38. The minimum absolute atomic E-state index is 0.0957. The lowest BCUT2D eigenvalue weighted by Crippen LogP contribution is -2.30. The number of phenolic OH excluding ortho intramolecular Hbond substituents is 1. The summed E-state index contributed by atoms with van der Waals surface area (Å²) in [6.07, 6.45) is 0. The Morgan fingerprint density at radius 3 is 2.31 bits per heavy atom. The molecule has 39 heavy (non-hydrogen) atoms. The smallest absolute Gasteiger partial charge is 0.300 e. The Kier molecular flexibility index (Phi) is 8.35. The second kappa shape index (κ2) is 11.7. The standard InChI is InChI=1S/C30H30ClNO7/c1-5-37-19-12-13-20(24(16-19)38-6-2)28(34)26-27(18-11-14-23(33)25(15-18)39-7-3)32(30(36)29(26)35)22-10-8-9-21(31)17(22)4/h8-16,27,33-34H,5-7H2,1-4H3/b28-26+. The van der Waals surface area contributed by atoms with Gasteiger partial charge in [-0.2, -0.15) is 0 Å². The van der Waals surface area contributed by atoms with Crippen LogP contribution in [-0.4, -0.2) is 41.7 Å². The predicted octanol–water partition coefficient (Wildman–Crippen LogP) is 6.18. The van der Waals surface area contributed by atoms with E-state index in [9.17, 15) is 19.8 Å². The maximum atomic E-state index is 13.6. The van der Waals surface area contributed by atoms with E-state index in [1.807, 2.05) is 6.92 Å². The number of carbonyl (C=O) groups is 2. The Hall–Kier alpha value is -4.17. The summed E-state index contributed by atoms with van der Waals surface area (Å²) in [5.74, 6) is -1.20. The van der Waals surface area contributed by atoms with Crippen molar-refractivity contribution in [2.24, 2.45) is 0 Å². The third-order valence-electron chi connectivity index (χ3n) is 6.36. The highest BCUT2D eigenvalue weighted by Crippen LogP contribution is 2.46. The molecule has 1 amide bonds. The number of benzene rings is 3. The molecule has 204 valence electrons. The second-order valence-corrected chi connectivity index (χ2v) is 9.14. The predicted molar refractivity (Wildman–Crippen MR) is 149 cm³/mol. The van der Waals surface area contributed by atoms with E-state index in [1.54, 1.807) is 69.3 Å². The molecule has 0 radical (unpaired) electrons. The number of ether oxygens (including phenoxy) is 3. The molecular formula is C30H30ClNO7. The summed E-state index contributed by atoms with van der Waals surface area (Å²) < 4.78 is 16.9. The fraction of sp³-hybridized carbons (Fsp3) is 0.267. The van der Waals surface area contributed by atoms with E-state index < -0.39 is 23.5 Å². The van der Waals surface area contributed by atoms with Gasteiger partial charge in [-0.1, -0.05) is 23.7 Å². The van der Waals surface area contributed by atoms with Gasteiger partial charge in [-0.15, -0.1) is 0 Å². The number of halogens is 1. The van der Waals surface area contributed by atoms with Gasteiger partial charge in [-0.25, -0.2) is 0 Å². The van der Waals surface area contributed by atoms with Crippen molar-refractivity contribution in [2.75, 3.05) is 24.7 Å². The number of carbonyl (C=O) groups excluding carboxylic acids is 2. The van der Waals surface area contributed by atoms with Crippen molar-refractivity contribution in [1.29, 1.82) is 0 Å². The first-order valence-corrected chi connectivity index (χ1v) is 13.0. The Morgan fingerprint density at radius 2 is 1.62 bits per heavy atom. The first-order chi connectivity index (χ1) is 18.7. The lowest BCUT2D eigenvalue weighted by Gasteiger charge is -2.27. The number of aromatic hydroxyl groups is 1. The third kappa shape index (κ3) is 5.25. The normalized spacial score (nSPS) is 16.4. The van der Waals surface area contributed by atoms with Gasteiger partial charge in [0.15, 0.2) is 11.5 Å². The Labute approximate surface area is 232 Å². The fourth-order valence-corrected chi connectivity index (χ4v) is 4.77. The molecule has 1 unspecified atom stereocenters. The molecule has 8 nitrogen and oxygen atoms in total. The number of rotatable bonds is 9. The molecule has 0 aromatic heterocycles. The van der Waals surface area contributed by atoms with Crippen molar-refractivity contribution in [3.8, 4) is 23.0 Å². The maximum Gasteiger partial charge on any atom is 0.300 e. The number of nitrogens with zero attached hydrogens (tertiary/aromatic N) is 1. The van der Waals surface area contributed by atoms with Crippen molar-refractivity contribution in [1.82, 2.24) is 0 Å². The summed E-state index contributed by atoms with van der Waals surface area (Å²) in [6.45, 7) is 8.18. The Bertz CT molecular complexity index is 1450. The molecule has 3 aromatic carbocycles. The van der Waals surface area contributed by atoms with Gasteiger partial charge in [-0.05, 0) is 75.2 Å². The van der Waals surface area contributed by atoms with Crippen LogP contribution in [0.3, 0.4) is 0 Å². The van der Waals surface area contributed by atoms with E-state index in [1.165, 1.54) is 11.0 Å². The lowest BCUT2D eigenvalue weighted by molar-refractivity contribution is -0.132. The number of anilines is 1. The largest absolute Gasteiger partial charge is 0.507 e. The van der Waals surface area contributed by atoms with Gasteiger partial charge in [0.05, 0.1) is 37.0 Å². The van der Waals surface area contributed by atoms with E-state index in [0.29, 0.717) is 46.5 Å². The highest BCUT2D eigenvalue weighted by Gasteiger charge is 2.48. The number of aliphatic hydroxyl groups excluding tert-OH is 1. The monoisotopic (exact) mass is 551 g/mol. The number of hydrogen-bond acceptors (Lipinski definition) is 7. The number of hydrogen-bond donors (Lipinski definition) is 2. The van der Waals surface area contributed by atoms with Crippen LogP contribution in [0.2, 0.25) is 5.02 Å². The summed E-state index contributed by atoms with van der Waals surface area (Å²) in [6, 6.07) is 13.4. The molecule has 0 aliphatic carbocycles. The summed E-state index contributed by atoms with van der Waals surface area (Å²) in [5, 5.41) is 22.4. The molecule has 1 atom stereocenters. The van der Waals surface area contributed by atoms with E-state index in [2.05, 4.69) is 0 Å². The molecule has 3 aromatic rings. The number of amides is 1. The van der Waals surface area contributed by atoms with Crippen LogP contribution in [0.25, 0.3) is 5.76 Å². The Balaban J connectivity index is 2.00. The zero-order valence-corrected chi connectivity index (χ0v) is 22.9. The van der Waals surface area contributed by atoms with Crippen LogP contribution in [0, 0.1) is 6.92 Å². The van der Waals surface area contributed by atoms with Crippen molar-refractivity contribution < 1.29 is 34.0 Å². The first-order valence-electron chi connectivity index (χ1n) is 12.6. The maximum absolute atomic E-state index is 13.6. The average Bonchev–Trinajstić information content (AvgIpc) is 3.17. The molecule has 1 aliphatic rings. The second-order valence-electron chi connectivity index (χ2n) is 8.74. The highest BCUT2D eigenvalue weighted by molar-refractivity contribution is 6.52. The molecule has 9 heteroatoms. The molecular weight excluding hydrogens is 522 g/mol. The van der Waals surface area contributed by atoms with Crippen LogP contribution in [-0.2, 0) is 9.59 Å². The number of phenols is 1. The van der Waals surface area contributed by atoms with Crippen molar-refractivity contribution in [3.05, 3.63) is 81.9 Å². The van der Waals surface area contributed by atoms with Gasteiger partial charge in [0.25, 0.3) is 11.7 Å². The molecule has 4 rings (SSSR count). The van der Waals surface area contributed by atoms with E-state index in [-0.39, 0.29) is 29.2 Å². The van der Waals surface area contributed by atoms with Crippen LogP contribution in [0.15, 0.2) is 60.2 Å². The minimum Gasteiger partial charge on any atom is -0.507 e. The van der Waals surface area contributed by atoms with Gasteiger partial charge in [0, 0.05) is 16.8 Å². The molecule has 0 saturated carbocycles. The SMILES string of the molecule is CCOc1ccc(/C(O)=C2\C(=O)C(=O)N(c3cccc(Cl)c3C)C2c2ccc(O)c(OCC)c2)c(OCC)c1. The molecule has 0 bridgehead atoms. The number of ketones is 1. The molecule has 1 saturated heterocycles. The number of Topliss-reactive ketones (excluding diaryl/α,β-unsaturated/α-hetero) is 1. The van der Waals surface area contributed by atoms with Gasteiger partial charge in [0.1, 0.15) is 17.3 Å². The molecule has 1 aliphatic heterocycles. The Morgan fingerprint density at radius 1 is 0.923 bits per heavy atom. The van der Waals surface area contributed by atoms with Crippen molar-refractivity contribution in [3.63, 3.8) is 0 Å². The van der Waals surface area contributed by atoms with Gasteiger partial charge in [0.2, 0.25) is 0 Å². The topological polar surface area (TPSA) is 106 Å². The molecule has 1 fully saturated rings. The zero-order chi connectivity index (χ0) is 28.3. The average molecular weight is 552 g/mol. The van der Waals surface area contributed by atoms with E-state index in [4.69, 9.17) is 25.8 Å². The minimum atomic E-state index is -1.05.